The van der Waals surface area contributed by atoms with Crippen LogP contribution in [-0.4, -0.2) is 28.9 Å². The molecule has 2 N–H and O–H groups in total. The summed E-state index contributed by atoms with van der Waals surface area (Å²) in [5, 5.41) is 16.5. The van der Waals surface area contributed by atoms with Gasteiger partial charge in [-0.05, 0) is 24.6 Å². The van der Waals surface area contributed by atoms with Gasteiger partial charge in [0.25, 0.3) is 0 Å². The number of ether oxygens (including phenoxy) is 1. The first-order valence-electron chi connectivity index (χ1n) is 6.05. The molecule has 0 amide bonds. The van der Waals surface area contributed by atoms with Crippen LogP contribution in [0.3, 0.4) is 0 Å². The maximum atomic E-state index is 9.48. The minimum Gasteiger partial charge on any atom is -0.504 e. The smallest absolute Gasteiger partial charge is 0.227 e. The van der Waals surface area contributed by atoms with E-state index in [-0.39, 0.29) is 5.75 Å². The minimum absolute atomic E-state index is 0.146. The Morgan fingerprint density at radius 1 is 1.42 bits per heavy atom. The normalized spacial score (nSPS) is 10.6. The van der Waals surface area contributed by atoms with Gasteiger partial charge in [-0.15, -0.1) is 0 Å². The molecule has 2 rings (SSSR count). The summed E-state index contributed by atoms with van der Waals surface area (Å²) in [5.41, 5.74) is 1.04. The van der Waals surface area contributed by atoms with Gasteiger partial charge in [-0.25, -0.2) is 0 Å². The average Bonchev–Trinajstić information content (AvgIpc) is 2.82. The largest absolute Gasteiger partial charge is 0.504 e. The van der Waals surface area contributed by atoms with Gasteiger partial charge in [-0.2, -0.15) is 4.98 Å². The minimum atomic E-state index is 0.146. The molecule has 1 heterocycles. The quantitative estimate of drug-likeness (QED) is 0.767. The van der Waals surface area contributed by atoms with Gasteiger partial charge in [-0.3, -0.25) is 0 Å². The van der Waals surface area contributed by atoms with Crippen molar-refractivity contribution < 1.29 is 14.4 Å². The Morgan fingerprint density at radius 2 is 2.26 bits per heavy atom. The van der Waals surface area contributed by atoms with E-state index in [1.54, 1.807) is 19.1 Å². The molecular weight excluding hydrogens is 246 g/mol. The molecule has 6 nitrogen and oxygen atoms in total. The van der Waals surface area contributed by atoms with Crippen LogP contribution in [0.1, 0.15) is 17.3 Å². The fourth-order valence-corrected chi connectivity index (χ4v) is 1.70. The SMILES string of the molecule is COc1cc(CNCCc2nc(C)no2)ccc1O. The van der Waals surface area contributed by atoms with Crippen LogP contribution in [0.2, 0.25) is 0 Å². The number of nitrogens with one attached hydrogen (secondary N) is 1. The predicted octanol–water partition coefficient (Wildman–Crippen LogP) is 1.42. The molecule has 0 saturated heterocycles. The third-order valence-corrected chi connectivity index (χ3v) is 2.66. The van der Waals surface area contributed by atoms with Crippen molar-refractivity contribution in [3.8, 4) is 11.5 Å². The monoisotopic (exact) mass is 263 g/mol. The lowest BCUT2D eigenvalue weighted by molar-refractivity contribution is 0.371. The fraction of sp³-hybridized carbons (Fsp3) is 0.385. The van der Waals surface area contributed by atoms with Gasteiger partial charge in [-0.1, -0.05) is 11.2 Å². The maximum absolute atomic E-state index is 9.48. The molecular formula is C13H17N3O3. The summed E-state index contributed by atoms with van der Waals surface area (Å²) >= 11 is 0. The molecule has 0 fully saturated rings. The summed E-state index contributed by atoms with van der Waals surface area (Å²) < 4.78 is 10.1. The molecule has 0 bridgehead atoms. The van der Waals surface area contributed by atoms with E-state index in [0.717, 1.165) is 12.1 Å². The van der Waals surface area contributed by atoms with Crippen molar-refractivity contribution in [3.05, 3.63) is 35.5 Å². The van der Waals surface area contributed by atoms with Crippen LogP contribution in [0.5, 0.6) is 11.5 Å². The number of aryl methyl sites for hydroxylation is 1. The van der Waals surface area contributed by atoms with Crippen LogP contribution in [0.15, 0.2) is 22.7 Å². The Balaban J connectivity index is 1.79. The highest BCUT2D eigenvalue weighted by molar-refractivity contribution is 5.41. The Kier molecular flexibility index (Phi) is 4.35. The predicted molar refractivity (Wildman–Crippen MR) is 69.1 cm³/mol. The zero-order chi connectivity index (χ0) is 13.7. The van der Waals surface area contributed by atoms with Crippen molar-refractivity contribution in [1.82, 2.24) is 15.5 Å². The number of phenolic OH excluding ortho intramolecular Hbond substituents is 1. The Bertz CT molecular complexity index is 540. The molecule has 19 heavy (non-hydrogen) atoms. The first kappa shape index (κ1) is 13.4. The Morgan fingerprint density at radius 3 is 2.95 bits per heavy atom. The maximum Gasteiger partial charge on any atom is 0.227 e. The van der Waals surface area contributed by atoms with Crippen LogP contribution in [0, 0.1) is 6.92 Å². The lowest BCUT2D eigenvalue weighted by atomic mass is 10.2. The second kappa shape index (κ2) is 6.19. The molecule has 6 heteroatoms. The second-order valence-electron chi connectivity index (χ2n) is 4.17. The zero-order valence-electron chi connectivity index (χ0n) is 11.0. The highest BCUT2D eigenvalue weighted by Gasteiger charge is 2.04. The summed E-state index contributed by atoms with van der Waals surface area (Å²) in [6, 6.07) is 5.28. The van der Waals surface area contributed by atoms with Gasteiger partial charge >= 0.3 is 0 Å². The number of phenols is 1. The van der Waals surface area contributed by atoms with Crippen LogP contribution in [-0.2, 0) is 13.0 Å². The molecule has 1 aromatic heterocycles. The molecule has 0 spiro atoms. The van der Waals surface area contributed by atoms with Gasteiger partial charge in [0, 0.05) is 19.5 Å². The van der Waals surface area contributed by atoms with Crippen molar-refractivity contribution in [3.63, 3.8) is 0 Å². The molecule has 2 aromatic rings. The molecule has 1 aromatic carbocycles. The first-order valence-corrected chi connectivity index (χ1v) is 6.05. The average molecular weight is 263 g/mol. The lowest BCUT2D eigenvalue weighted by Gasteiger charge is -2.07. The topological polar surface area (TPSA) is 80.4 Å². The third kappa shape index (κ3) is 3.69. The number of rotatable bonds is 6. The van der Waals surface area contributed by atoms with Crippen molar-refractivity contribution >= 4 is 0 Å². The summed E-state index contributed by atoms with van der Waals surface area (Å²) in [7, 11) is 1.53. The summed E-state index contributed by atoms with van der Waals surface area (Å²) in [6.07, 6.45) is 0.691. The van der Waals surface area contributed by atoms with E-state index in [4.69, 9.17) is 9.26 Å². The summed E-state index contributed by atoms with van der Waals surface area (Å²) in [4.78, 5) is 4.12. The van der Waals surface area contributed by atoms with E-state index in [9.17, 15) is 5.11 Å². The molecule has 102 valence electrons. The number of methoxy groups -OCH3 is 1. The summed E-state index contributed by atoms with van der Waals surface area (Å²) in [5.74, 6) is 1.91. The fourth-order valence-electron chi connectivity index (χ4n) is 1.70. The molecule has 0 aliphatic heterocycles. The number of benzene rings is 1. The Labute approximate surface area is 111 Å². The molecule has 0 atom stereocenters. The molecule has 0 saturated carbocycles. The third-order valence-electron chi connectivity index (χ3n) is 2.66. The zero-order valence-corrected chi connectivity index (χ0v) is 11.0. The van der Waals surface area contributed by atoms with E-state index >= 15 is 0 Å². The number of aromatic hydroxyl groups is 1. The highest BCUT2D eigenvalue weighted by Crippen LogP contribution is 2.26. The van der Waals surface area contributed by atoms with Crippen LogP contribution >= 0.6 is 0 Å². The van der Waals surface area contributed by atoms with Gasteiger partial charge in [0.15, 0.2) is 17.3 Å². The number of nitrogens with zero attached hydrogens (tertiary/aromatic N) is 2. The molecule has 0 radical (unpaired) electrons. The van der Waals surface area contributed by atoms with Gasteiger partial charge < -0.3 is 19.7 Å². The van der Waals surface area contributed by atoms with Crippen LogP contribution < -0.4 is 10.1 Å². The Hall–Kier alpha value is -2.08. The number of hydrogen-bond acceptors (Lipinski definition) is 6. The van der Waals surface area contributed by atoms with E-state index in [2.05, 4.69) is 15.5 Å². The molecule has 0 unspecified atom stereocenters. The van der Waals surface area contributed by atoms with E-state index in [0.29, 0.717) is 30.4 Å². The van der Waals surface area contributed by atoms with Crippen LogP contribution in [0.4, 0.5) is 0 Å². The van der Waals surface area contributed by atoms with E-state index < -0.39 is 0 Å². The van der Waals surface area contributed by atoms with Crippen molar-refractivity contribution in [2.75, 3.05) is 13.7 Å². The van der Waals surface area contributed by atoms with E-state index in [1.807, 2.05) is 6.07 Å². The van der Waals surface area contributed by atoms with Crippen molar-refractivity contribution in [2.45, 2.75) is 19.9 Å². The standard InChI is InChI=1S/C13H17N3O3/c1-9-15-13(19-16-9)5-6-14-8-10-3-4-11(17)12(7-10)18-2/h3-4,7,14,17H,5-6,8H2,1-2H3. The van der Waals surface area contributed by atoms with Crippen LogP contribution in [0.25, 0.3) is 0 Å². The molecule has 0 aliphatic carbocycles. The van der Waals surface area contributed by atoms with Crippen molar-refractivity contribution in [1.29, 1.82) is 0 Å². The lowest BCUT2D eigenvalue weighted by Crippen LogP contribution is -2.16. The van der Waals surface area contributed by atoms with Gasteiger partial charge in [0.1, 0.15) is 0 Å². The molecule has 0 aliphatic rings. The first-order chi connectivity index (χ1) is 9.19. The van der Waals surface area contributed by atoms with E-state index in [1.165, 1.54) is 7.11 Å². The number of hydrogen-bond donors (Lipinski definition) is 2. The van der Waals surface area contributed by atoms with Gasteiger partial charge in [0.2, 0.25) is 5.89 Å². The highest BCUT2D eigenvalue weighted by atomic mass is 16.5. The summed E-state index contributed by atoms with van der Waals surface area (Å²) in [6.45, 7) is 3.22. The second-order valence-corrected chi connectivity index (χ2v) is 4.17. The van der Waals surface area contributed by atoms with Gasteiger partial charge in [0.05, 0.1) is 7.11 Å². The number of aromatic nitrogens is 2. The van der Waals surface area contributed by atoms with Crippen molar-refractivity contribution in [2.24, 2.45) is 0 Å².